The number of anilines is 1. The molecule has 1 atom stereocenters. The predicted octanol–water partition coefficient (Wildman–Crippen LogP) is 4.42. The fourth-order valence-electron chi connectivity index (χ4n) is 4.77. The third kappa shape index (κ3) is 5.62. The first-order valence-electron chi connectivity index (χ1n) is 12.7. The summed E-state index contributed by atoms with van der Waals surface area (Å²) in [5.41, 5.74) is 12.8. The molecule has 0 amide bonds. The Kier molecular flexibility index (Phi) is 7.58. The summed E-state index contributed by atoms with van der Waals surface area (Å²) in [5.74, 6) is 0.755. The number of fused-ring (bicyclic) bond motifs is 1. The zero-order chi connectivity index (χ0) is 27.4. The Morgan fingerprint density at radius 2 is 1.74 bits per heavy atom. The molecule has 0 unspecified atom stereocenters. The minimum absolute atomic E-state index is 0.0336. The third-order valence-electron chi connectivity index (χ3n) is 6.84. The van der Waals surface area contributed by atoms with Crippen molar-refractivity contribution in [2.24, 2.45) is 0 Å². The number of aromatic amines is 1. The summed E-state index contributed by atoms with van der Waals surface area (Å²) in [6.07, 6.45) is 3.39. The van der Waals surface area contributed by atoms with Crippen molar-refractivity contribution in [1.29, 1.82) is 0 Å². The highest BCUT2D eigenvalue weighted by atomic mass is 16.5. The molecule has 0 aliphatic carbocycles. The molecule has 5 aromatic rings. The van der Waals surface area contributed by atoms with Crippen molar-refractivity contribution in [2.45, 2.75) is 12.5 Å². The summed E-state index contributed by atoms with van der Waals surface area (Å²) >= 11 is 0. The molecule has 2 aromatic heterocycles. The normalized spacial score (nSPS) is 11.9. The Bertz CT molecular complexity index is 1670. The first kappa shape index (κ1) is 26.0. The Labute approximate surface area is 225 Å². The highest BCUT2D eigenvalue weighted by Gasteiger charge is 2.14. The fourth-order valence-corrected chi connectivity index (χ4v) is 4.77. The average molecular weight is 523 g/mol. The average Bonchev–Trinajstić information content (AvgIpc) is 2.96. The summed E-state index contributed by atoms with van der Waals surface area (Å²) in [6, 6.07) is 22.2. The lowest BCUT2D eigenvalue weighted by atomic mass is 9.97. The molecular formula is C31H30N4O4. The number of aromatic hydroxyl groups is 1. The topological polar surface area (TPSA) is 133 Å². The number of nitrogens with two attached hydrogens (primary N) is 1. The van der Waals surface area contributed by atoms with E-state index in [1.807, 2.05) is 36.4 Å². The fraction of sp³-hybridized carbons (Fsp3) is 0.161. The number of nitrogen functional groups attached to an aromatic ring is 1. The summed E-state index contributed by atoms with van der Waals surface area (Å²) in [6.45, 7) is 0.919. The van der Waals surface area contributed by atoms with Crippen LogP contribution < -0.4 is 21.3 Å². The molecule has 0 bridgehead atoms. The molecule has 8 nitrogen and oxygen atoms in total. The van der Waals surface area contributed by atoms with Crippen LogP contribution in [0.25, 0.3) is 33.2 Å². The molecule has 0 aliphatic rings. The van der Waals surface area contributed by atoms with Gasteiger partial charge in [-0.15, -0.1) is 0 Å². The molecule has 198 valence electrons. The van der Waals surface area contributed by atoms with Crippen molar-refractivity contribution in [2.75, 3.05) is 25.9 Å². The number of aliphatic hydroxyl groups excluding tert-OH is 1. The molecule has 0 saturated carbocycles. The van der Waals surface area contributed by atoms with Crippen LogP contribution in [0.15, 0.2) is 90.0 Å². The van der Waals surface area contributed by atoms with Gasteiger partial charge in [-0.25, -0.2) is 0 Å². The minimum Gasteiger partial charge on any atom is -0.506 e. The molecule has 0 radical (unpaired) electrons. The molecule has 0 fully saturated rings. The molecule has 8 heteroatoms. The third-order valence-corrected chi connectivity index (χ3v) is 6.84. The van der Waals surface area contributed by atoms with Crippen molar-refractivity contribution < 1.29 is 14.9 Å². The SMILES string of the molecule is COc1ccc(-c2ccc(CCNC[C@H](O)c3ccc(O)c4[nH]c(=O)ccc34)c(N)c2)cc1-c1ccncc1. The van der Waals surface area contributed by atoms with Crippen LogP contribution in [0.2, 0.25) is 0 Å². The molecular weight excluding hydrogens is 492 g/mol. The summed E-state index contributed by atoms with van der Waals surface area (Å²) < 4.78 is 5.57. The van der Waals surface area contributed by atoms with Crippen LogP contribution >= 0.6 is 0 Å². The standard InChI is InChI=1S/C31H30N4O4/c1-39-29-8-4-21(16-25(29)19-10-13-33-14-11-19)22-3-2-20(26(32)17-22)12-15-34-18-28(37)23-5-7-27(36)31-24(23)6-9-30(38)35-31/h2-11,13-14,16-17,28,34,36-37H,12,15,18,32H2,1H3,(H,35,38)/t28-/m0/s1. The van der Waals surface area contributed by atoms with Crippen LogP contribution in [-0.2, 0) is 6.42 Å². The van der Waals surface area contributed by atoms with Gasteiger partial charge in [0, 0.05) is 41.6 Å². The predicted molar refractivity (Wildman–Crippen MR) is 154 cm³/mol. The molecule has 0 saturated heterocycles. The van der Waals surface area contributed by atoms with Crippen LogP contribution in [-0.4, -0.2) is 40.4 Å². The highest BCUT2D eigenvalue weighted by Crippen LogP contribution is 2.35. The maximum Gasteiger partial charge on any atom is 0.248 e. The lowest BCUT2D eigenvalue weighted by Gasteiger charge is -2.16. The lowest BCUT2D eigenvalue weighted by molar-refractivity contribution is 0.176. The molecule has 6 N–H and O–H groups in total. The van der Waals surface area contributed by atoms with Crippen LogP contribution in [0.1, 0.15) is 17.2 Å². The van der Waals surface area contributed by atoms with Gasteiger partial charge in [0.05, 0.1) is 18.7 Å². The van der Waals surface area contributed by atoms with Crippen LogP contribution in [0.5, 0.6) is 11.5 Å². The molecule has 0 aliphatic heterocycles. The van der Waals surface area contributed by atoms with Gasteiger partial charge in [-0.2, -0.15) is 0 Å². The van der Waals surface area contributed by atoms with Crippen molar-refractivity contribution >= 4 is 16.6 Å². The first-order chi connectivity index (χ1) is 18.9. The van der Waals surface area contributed by atoms with Gasteiger partial charge in [-0.05, 0) is 83.2 Å². The van der Waals surface area contributed by atoms with Crippen molar-refractivity contribution in [3.05, 3.63) is 107 Å². The number of nitrogens with zero attached hydrogens (tertiary/aromatic N) is 1. The van der Waals surface area contributed by atoms with E-state index in [9.17, 15) is 15.0 Å². The second-order valence-electron chi connectivity index (χ2n) is 9.32. The number of rotatable bonds is 9. The zero-order valence-electron chi connectivity index (χ0n) is 21.5. The number of phenolic OH excluding ortho intramolecular Hbond substituents is 1. The first-order valence-corrected chi connectivity index (χ1v) is 12.7. The van der Waals surface area contributed by atoms with E-state index in [1.54, 1.807) is 31.6 Å². The number of phenols is 1. The summed E-state index contributed by atoms with van der Waals surface area (Å²) in [7, 11) is 1.66. The van der Waals surface area contributed by atoms with E-state index in [-0.39, 0.29) is 11.3 Å². The largest absolute Gasteiger partial charge is 0.506 e. The highest BCUT2D eigenvalue weighted by molar-refractivity contribution is 5.87. The van der Waals surface area contributed by atoms with E-state index >= 15 is 0 Å². The number of aliphatic hydroxyl groups is 1. The quantitative estimate of drug-likeness (QED) is 0.143. The zero-order valence-corrected chi connectivity index (χ0v) is 21.5. The van der Waals surface area contributed by atoms with Crippen molar-refractivity contribution in [1.82, 2.24) is 15.3 Å². The van der Waals surface area contributed by atoms with E-state index in [2.05, 4.69) is 27.4 Å². The number of hydrogen-bond donors (Lipinski definition) is 5. The summed E-state index contributed by atoms with van der Waals surface area (Å²) in [4.78, 5) is 18.4. The van der Waals surface area contributed by atoms with Gasteiger partial charge in [0.1, 0.15) is 11.5 Å². The van der Waals surface area contributed by atoms with Gasteiger partial charge in [0.25, 0.3) is 0 Å². The van der Waals surface area contributed by atoms with E-state index in [1.165, 1.54) is 12.1 Å². The van der Waals surface area contributed by atoms with Crippen LogP contribution in [0.3, 0.4) is 0 Å². The van der Waals surface area contributed by atoms with E-state index in [4.69, 9.17) is 10.5 Å². The van der Waals surface area contributed by atoms with Crippen LogP contribution in [0, 0.1) is 0 Å². The number of H-pyrrole nitrogens is 1. The van der Waals surface area contributed by atoms with E-state index in [0.29, 0.717) is 41.7 Å². The number of hydrogen-bond acceptors (Lipinski definition) is 7. The number of pyridine rings is 2. The number of ether oxygens (including phenoxy) is 1. The van der Waals surface area contributed by atoms with Gasteiger partial charge in [0.2, 0.25) is 5.56 Å². The summed E-state index contributed by atoms with van der Waals surface area (Å²) in [5, 5.41) is 24.7. The smallest absolute Gasteiger partial charge is 0.248 e. The Hall–Kier alpha value is -4.66. The Balaban J connectivity index is 1.24. The van der Waals surface area contributed by atoms with Gasteiger partial charge >= 0.3 is 0 Å². The molecule has 2 heterocycles. The minimum atomic E-state index is -0.816. The van der Waals surface area contributed by atoms with Crippen LogP contribution in [0.4, 0.5) is 5.69 Å². The van der Waals surface area contributed by atoms with Gasteiger partial charge < -0.3 is 31.0 Å². The second kappa shape index (κ2) is 11.4. The number of methoxy groups -OCH3 is 1. The molecule has 39 heavy (non-hydrogen) atoms. The maximum atomic E-state index is 11.6. The lowest BCUT2D eigenvalue weighted by Crippen LogP contribution is -2.24. The van der Waals surface area contributed by atoms with Gasteiger partial charge in [-0.3, -0.25) is 9.78 Å². The van der Waals surface area contributed by atoms with E-state index in [0.717, 1.165) is 33.6 Å². The number of benzene rings is 3. The second-order valence-corrected chi connectivity index (χ2v) is 9.32. The monoisotopic (exact) mass is 522 g/mol. The van der Waals surface area contributed by atoms with Crippen molar-refractivity contribution in [3.63, 3.8) is 0 Å². The number of aromatic nitrogens is 2. The molecule has 3 aromatic carbocycles. The maximum absolute atomic E-state index is 11.6. The van der Waals surface area contributed by atoms with Gasteiger partial charge in [0.15, 0.2) is 0 Å². The molecule has 5 rings (SSSR count). The van der Waals surface area contributed by atoms with E-state index < -0.39 is 6.10 Å². The number of nitrogens with one attached hydrogen (secondary N) is 2. The molecule has 0 spiro atoms. The van der Waals surface area contributed by atoms with Gasteiger partial charge in [-0.1, -0.05) is 24.3 Å². The Morgan fingerprint density at radius 1 is 0.974 bits per heavy atom. The Morgan fingerprint density at radius 3 is 2.51 bits per heavy atom. The van der Waals surface area contributed by atoms with Crippen molar-refractivity contribution in [3.8, 4) is 33.8 Å².